The second-order valence-corrected chi connectivity index (χ2v) is 6.37. The van der Waals surface area contributed by atoms with E-state index in [4.69, 9.17) is 16.3 Å². The molecule has 0 saturated heterocycles. The van der Waals surface area contributed by atoms with Gasteiger partial charge in [-0.25, -0.2) is 0 Å². The van der Waals surface area contributed by atoms with Gasteiger partial charge in [0.1, 0.15) is 5.69 Å². The molecular formula is C19H17ClN2O3. The number of carbonyl (C=O) groups is 2. The fourth-order valence-corrected chi connectivity index (χ4v) is 3.07. The molecule has 6 heteroatoms. The number of hydrogen-bond acceptors (Lipinski definition) is 4. The number of aromatic nitrogens is 2. The lowest BCUT2D eigenvalue weighted by Crippen LogP contribution is -2.12. The Kier molecular flexibility index (Phi) is 4.59. The van der Waals surface area contributed by atoms with E-state index in [0.29, 0.717) is 27.5 Å². The third-order valence-electron chi connectivity index (χ3n) is 4.07. The van der Waals surface area contributed by atoms with Crippen LogP contribution in [0, 0.1) is 13.8 Å². The molecule has 128 valence electrons. The van der Waals surface area contributed by atoms with Gasteiger partial charge in [0.25, 0.3) is 0 Å². The molecule has 25 heavy (non-hydrogen) atoms. The van der Waals surface area contributed by atoms with Crippen molar-refractivity contribution in [2.45, 2.75) is 20.3 Å². The molecule has 0 bridgehead atoms. The van der Waals surface area contributed by atoms with Gasteiger partial charge in [0.2, 0.25) is 5.78 Å². The van der Waals surface area contributed by atoms with Crippen LogP contribution < -0.4 is 0 Å². The van der Waals surface area contributed by atoms with Crippen molar-refractivity contribution in [1.29, 1.82) is 0 Å². The molecule has 0 unspecified atom stereocenters. The molecular weight excluding hydrogens is 340 g/mol. The van der Waals surface area contributed by atoms with E-state index in [2.05, 4.69) is 9.97 Å². The van der Waals surface area contributed by atoms with Crippen LogP contribution in [0.4, 0.5) is 0 Å². The van der Waals surface area contributed by atoms with Crippen molar-refractivity contribution >= 4 is 34.3 Å². The standard InChI is InChI=1S/C19H17ClN2O3/c1-10-6-11(2)17(21-9-10)19(24)18-14(8-16(23)25-3)13-5-4-12(20)7-15(13)22-18/h4-7,9,22H,8H2,1-3H3. The Hall–Kier alpha value is -2.66. The van der Waals surface area contributed by atoms with Crippen LogP contribution in [-0.2, 0) is 16.0 Å². The molecule has 5 nitrogen and oxygen atoms in total. The third kappa shape index (κ3) is 3.28. The number of nitrogens with one attached hydrogen (secondary N) is 1. The van der Waals surface area contributed by atoms with E-state index in [1.807, 2.05) is 19.9 Å². The molecule has 0 amide bonds. The van der Waals surface area contributed by atoms with Crippen LogP contribution in [0.2, 0.25) is 5.02 Å². The van der Waals surface area contributed by atoms with E-state index < -0.39 is 5.97 Å². The largest absolute Gasteiger partial charge is 0.469 e. The number of ketones is 1. The highest BCUT2D eigenvalue weighted by Crippen LogP contribution is 2.28. The lowest BCUT2D eigenvalue weighted by Gasteiger charge is -2.06. The van der Waals surface area contributed by atoms with E-state index >= 15 is 0 Å². The Labute approximate surface area is 150 Å². The molecule has 3 aromatic rings. The number of nitrogens with zero attached hydrogens (tertiary/aromatic N) is 1. The zero-order valence-corrected chi connectivity index (χ0v) is 14.9. The number of aromatic amines is 1. The summed E-state index contributed by atoms with van der Waals surface area (Å²) in [6.07, 6.45) is 1.64. The highest BCUT2D eigenvalue weighted by Gasteiger charge is 2.23. The van der Waals surface area contributed by atoms with Gasteiger partial charge in [0.05, 0.1) is 19.2 Å². The van der Waals surface area contributed by atoms with Crippen LogP contribution in [0.25, 0.3) is 10.9 Å². The van der Waals surface area contributed by atoms with Crippen molar-refractivity contribution < 1.29 is 14.3 Å². The van der Waals surface area contributed by atoms with Crippen LogP contribution in [0.1, 0.15) is 32.9 Å². The number of H-pyrrole nitrogens is 1. The predicted octanol–water partition coefficient (Wildman–Crippen LogP) is 3.78. The van der Waals surface area contributed by atoms with Crippen LogP contribution in [0.3, 0.4) is 0 Å². The quantitative estimate of drug-likeness (QED) is 0.570. The Balaban J connectivity index is 2.18. The minimum atomic E-state index is -0.418. The molecule has 0 saturated carbocycles. The minimum Gasteiger partial charge on any atom is -0.469 e. The molecule has 0 aliphatic heterocycles. The maximum atomic E-state index is 13.0. The van der Waals surface area contributed by atoms with Crippen LogP contribution in [0.5, 0.6) is 0 Å². The lowest BCUT2D eigenvalue weighted by molar-refractivity contribution is -0.139. The fraction of sp³-hybridized carbons (Fsp3) is 0.211. The van der Waals surface area contributed by atoms with Gasteiger partial charge in [-0.1, -0.05) is 23.7 Å². The summed E-state index contributed by atoms with van der Waals surface area (Å²) < 4.78 is 4.77. The van der Waals surface area contributed by atoms with Gasteiger partial charge < -0.3 is 9.72 Å². The number of ether oxygens (including phenoxy) is 1. The summed E-state index contributed by atoms with van der Waals surface area (Å²) >= 11 is 6.04. The van der Waals surface area contributed by atoms with Gasteiger partial charge in [-0.3, -0.25) is 14.6 Å². The zero-order valence-electron chi connectivity index (χ0n) is 14.1. The number of rotatable bonds is 4. The summed E-state index contributed by atoms with van der Waals surface area (Å²) in [7, 11) is 1.32. The number of pyridine rings is 1. The first-order valence-corrected chi connectivity index (χ1v) is 8.13. The maximum absolute atomic E-state index is 13.0. The molecule has 0 fully saturated rings. The zero-order chi connectivity index (χ0) is 18.1. The van der Waals surface area contributed by atoms with E-state index in [9.17, 15) is 9.59 Å². The summed E-state index contributed by atoms with van der Waals surface area (Å²) in [5.74, 6) is -0.679. The molecule has 2 aromatic heterocycles. The molecule has 2 heterocycles. The number of aryl methyl sites for hydroxylation is 2. The van der Waals surface area contributed by atoms with E-state index in [1.54, 1.807) is 24.4 Å². The monoisotopic (exact) mass is 356 g/mol. The first-order chi connectivity index (χ1) is 11.9. The number of benzene rings is 1. The van der Waals surface area contributed by atoms with Gasteiger partial charge in [0, 0.05) is 27.7 Å². The van der Waals surface area contributed by atoms with E-state index in [1.165, 1.54) is 7.11 Å². The van der Waals surface area contributed by atoms with Crippen molar-refractivity contribution in [3.05, 3.63) is 63.6 Å². The first-order valence-electron chi connectivity index (χ1n) is 7.75. The SMILES string of the molecule is COC(=O)Cc1c(C(=O)c2ncc(C)cc2C)[nH]c2cc(Cl)ccc12. The maximum Gasteiger partial charge on any atom is 0.310 e. The number of carbonyl (C=O) groups excluding carboxylic acids is 2. The molecule has 0 aliphatic rings. The Bertz CT molecular complexity index is 992. The van der Waals surface area contributed by atoms with Crippen molar-refractivity contribution in [2.24, 2.45) is 0 Å². The topological polar surface area (TPSA) is 72.1 Å². The molecule has 0 spiro atoms. The Morgan fingerprint density at radius 1 is 1.24 bits per heavy atom. The fourth-order valence-electron chi connectivity index (χ4n) is 2.89. The molecule has 1 aromatic carbocycles. The van der Waals surface area contributed by atoms with E-state index in [-0.39, 0.29) is 12.2 Å². The average molecular weight is 357 g/mol. The second kappa shape index (κ2) is 6.69. The molecule has 3 rings (SSSR count). The Morgan fingerprint density at radius 3 is 2.68 bits per heavy atom. The highest BCUT2D eigenvalue weighted by molar-refractivity contribution is 6.31. The number of esters is 1. The smallest absolute Gasteiger partial charge is 0.310 e. The predicted molar refractivity (Wildman–Crippen MR) is 96.2 cm³/mol. The van der Waals surface area contributed by atoms with Crippen molar-refractivity contribution in [3.63, 3.8) is 0 Å². The third-order valence-corrected chi connectivity index (χ3v) is 4.31. The van der Waals surface area contributed by atoms with Crippen LogP contribution >= 0.6 is 11.6 Å². The summed E-state index contributed by atoms with van der Waals surface area (Å²) in [6, 6.07) is 7.14. The van der Waals surface area contributed by atoms with Crippen molar-refractivity contribution in [2.75, 3.05) is 7.11 Å². The molecule has 1 N–H and O–H groups in total. The summed E-state index contributed by atoms with van der Waals surface area (Å²) in [5.41, 5.74) is 3.74. The molecule has 0 atom stereocenters. The van der Waals surface area contributed by atoms with Crippen molar-refractivity contribution in [1.82, 2.24) is 9.97 Å². The first kappa shape index (κ1) is 17.2. The number of methoxy groups -OCH3 is 1. The van der Waals surface area contributed by atoms with Crippen LogP contribution in [-0.4, -0.2) is 28.8 Å². The molecule has 0 radical (unpaired) electrons. The minimum absolute atomic E-state index is 0.00981. The van der Waals surface area contributed by atoms with Gasteiger partial charge in [-0.05, 0) is 37.1 Å². The highest BCUT2D eigenvalue weighted by atomic mass is 35.5. The summed E-state index contributed by atoms with van der Waals surface area (Å²) in [5, 5.41) is 1.31. The van der Waals surface area contributed by atoms with E-state index in [0.717, 1.165) is 16.5 Å². The van der Waals surface area contributed by atoms with Gasteiger partial charge in [-0.2, -0.15) is 0 Å². The van der Waals surface area contributed by atoms with Gasteiger partial charge in [0.15, 0.2) is 0 Å². The molecule has 0 aliphatic carbocycles. The van der Waals surface area contributed by atoms with Crippen molar-refractivity contribution in [3.8, 4) is 0 Å². The second-order valence-electron chi connectivity index (χ2n) is 5.93. The van der Waals surface area contributed by atoms with Gasteiger partial charge >= 0.3 is 5.97 Å². The van der Waals surface area contributed by atoms with Gasteiger partial charge in [-0.15, -0.1) is 0 Å². The number of fused-ring (bicyclic) bond motifs is 1. The average Bonchev–Trinajstić information content (AvgIpc) is 2.91. The van der Waals surface area contributed by atoms with Crippen LogP contribution in [0.15, 0.2) is 30.5 Å². The normalized spacial score (nSPS) is 10.9. The summed E-state index contributed by atoms with van der Waals surface area (Å²) in [6.45, 7) is 3.76. The lowest BCUT2D eigenvalue weighted by atomic mass is 10.0. The summed E-state index contributed by atoms with van der Waals surface area (Å²) in [4.78, 5) is 32.2. The Morgan fingerprint density at radius 2 is 2.00 bits per heavy atom. The number of halogens is 1. The number of hydrogen-bond donors (Lipinski definition) is 1.